The SMILES string of the molecule is CCCCn1c(=O)c(C(=O)Nc2ccc(Oc3ccnc4cc(OC)c(OCCCN5CCCC5)cc34)c(F)c2)nn(-c2ccccc2)c1=O. The highest BCUT2D eigenvalue weighted by atomic mass is 19.1. The summed E-state index contributed by atoms with van der Waals surface area (Å²) in [5.41, 5.74) is -0.961. The zero-order chi connectivity index (χ0) is 35.0. The summed E-state index contributed by atoms with van der Waals surface area (Å²) in [6.45, 7) is 5.76. The van der Waals surface area contributed by atoms with Gasteiger partial charge in [0.05, 0.1) is 24.9 Å². The molecule has 1 N–H and O–H groups in total. The van der Waals surface area contributed by atoms with Crippen molar-refractivity contribution in [3.05, 3.63) is 105 Å². The first-order valence-corrected chi connectivity index (χ1v) is 16.8. The van der Waals surface area contributed by atoms with Crippen molar-refractivity contribution < 1.29 is 23.4 Å². The third-order valence-electron chi connectivity index (χ3n) is 8.48. The van der Waals surface area contributed by atoms with Crippen molar-refractivity contribution >= 4 is 22.5 Å². The maximum Gasteiger partial charge on any atom is 0.352 e. The normalized spacial score (nSPS) is 13.0. The first kappa shape index (κ1) is 34.3. The number of fused-ring (bicyclic) bond motifs is 1. The molecule has 6 rings (SSSR count). The minimum absolute atomic E-state index is 0.0626. The van der Waals surface area contributed by atoms with E-state index >= 15 is 4.39 Å². The van der Waals surface area contributed by atoms with E-state index < -0.39 is 28.7 Å². The van der Waals surface area contributed by atoms with Gasteiger partial charge in [-0.25, -0.2) is 9.18 Å². The smallest absolute Gasteiger partial charge is 0.352 e. The van der Waals surface area contributed by atoms with Crippen molar-refractivity contribution in [2.45, 2.75) is 45.6 Å². The van der Waals surface area contributed by atoms with Crippen molar-refractivity contribution in [1.29, 1.82) is 0 Å². The van der Waals surface area contributed by atoms with Crippen LogP contribution in [0, 0.1) is 5.82 Å². The lowest BCUT2D eigenvalue weighted by Gasteiger charge is -2.16. The van der Waals surface area contributed by atoms with Gasteiger partial charge in [-0.15, -0.1) is 0 Å². The lowest BCUT2D eigenvalue weighted by atomic mass is 10.1. The maximum atomic E-state index is 15.5. The molecule has 260 valence electrons. The molecule has 1 aliphatic rings. The molecule has 12 nitrogen and oxygen atoms in total. The number of halogens is 1. The highest BCUT2D eigenvalue weighted by Gasteiger charge is 2.21. The predicted octanol–water partition coefficient (Wildman–Crippen LogP) is 5.80. The number of pyridine rings is 1. The van der Waals surface area contributed by atoms with Crippen LogP contribution in [0.3, 0.4) is 0 Å². The summed E-state index contributed by atoms with van der Waals surface area (Å²) in [4.78, 5) is 46.6. The number of rotatable bonds is 14. The van der Waals surface area contributed by atoms with Gasteiger partial charge in [-0.2, -0.15) is 9.78 Å². The molecule has 3 heterocycles. The van der Waals surface area contributed by atoms with Gasteiger partial charge in [0.1, 0.15) is 5.75 Å². The molecule has 5 aromatic rings. The van der Waals surface area contributed by atoms with E-state index in [9.17, 15) is 14.4 Å². The minimum Gasteiger partial charge on any atom is -0.493 e. The van der Waals surface area contributed by atoms with Crippen LogP contribution >= 0.6 is 0 Å². The van der Waals surface area contributed by atoms with Gasteiger partial charge in [-0.05, 0) is 75.2 Å². The summed E-state index contributed by atoms with van der Waals surface area (Å²) in [7, 11) is 1.56. The molecule has 0 bridgehead atoms. The Morgan fingerprint density at radius 3 is 2.46 bits per heavy atom. The monoisotopic (exact) mass is 682 g/mol. The number of unbranched alkanes of at least 4 members (excludes halogenated alkanes) is 1. The van der Waals surface area contributed by atoms with Gasteiger partial charge in [-0.1, -0.05) is 31.5 Å². The van der Waals surface area contributed by atoms with Crippen LogP contribution in [0.25, 0.3) is 16.6 Å². The largest absolute Gasteiger partial charge is 0.493 e. The topological polar surface area (TPSA) is 130 Å². The van der Waals surface area contributed by atoms with Crippen molar-refractivity contribution in [3.8, 4) is 28.7 Å². The Labute approximate surface area is 288 Å². The Kier molecular flexibility index (Phi) is 10.8. The number of benzene rings is 3. The molecule has 1 aliphatic heterocycles. The van der Waals surface area contributed by atoms with E-state index in [4.69, 9.17) is 14.2 Å². The fraction of sp³-hybridized carbons (Fsp3) is 0.324. The number of aromatic nitrogens is 4. The van der Waals surface area contributed by atoms with E-state index in [0.717, 1.165) is 47.8 Å². The van der Waals surface area contributed by atoms with Crippen molar-refractivity contribution in [2.24, 2.45) is 0 Å². The fourth-order valence-electron chi connectivity index (χ4n) is 5.84. The maximum absolute atomic E-state index is 15.5. The van der Waals surface area contributed by atoms with Gasteiger partial charge in [-0.3, -0.25) is 19.1 Å². The van der Waals surface area contributed by atoms with Crippen LogP contribution in [-0.2, 0) is 6.54 Å². The molecule has 3 aromatic carbocycles. The Morgan fingerprint density at radius 2 is 1.72 bits per heavy atom. The number of hydrogen-bond donors (Lipinski definition) is 1. The van der Waals surface area contributed by atoms with Crippen LogP contribution in [-0.4, -0.2) is 63.5 Å². The number of methoxy groups -OCH3 is 1. The summed E-state index contributed by atoms with van der Waals surface area (Å²) < 4.78 is 35.1. The van der Waals surface area contributed by atoms with Crippen LogP contribution in [0.1, 0.15) is 49.5 Å². The van der Waals surface area contributed by atoms with E-state index in [-0.39, 0.29) is 18.0 Å². The van der Waals surface area contributed by atoms with E-state index in [0.29, 0.717) is 46.9 Å². The number of carbonyl (C=O) groups is 1. The highest BCUT2D eigenvalue weighted by Crippen LogP contribution is 2.38. The van der Waals surface area contributed by atoms with Crippen LogP contribution < -0.4 is 30.8 Å². The molecule has 1 amide bonds. The van der Waals surface area contributed by atoms with Crippen LogP contribution in [0.4, 0.5) is 10.1 Å². The molecule has 50 heavy (non-hydrogen) atoms. The van der Waals surface area contributed by atoms with E-state index in [1.54, 1.807) is 61.8 Å². The fourth-order valence-corrected chi connectivity index (χ4v) is 5.84. The molecule has 1 fully saturated rings. The Bertz CT molecular complexity index is 2100. The predicted molar refractivity (Wildman–Crippen MR) is 188 cm³/mol. The van der Waals surface area contributed by atoms with Crippen molar-refractivity contribution in [1.82, 2.24) is 24.2 Å². The molecular formula is C37H39FN6O6. The lowest BCUT2D eigenvalue weighted by molar-refractivity contribution is 0.101. The molecule has 13 heteroatoms. The number of likely N-dealkylation sites (tertiary alicyclic amines) is 1. The molecule has 1 saturated heterocycles. The zero-order valence-electron chi connectivity index (χ0n) is 28.1. The Balaban J connectivity index is 1.21. The van der Waals surface area contributed by atoms with Gasteiger partial charge in [0, 0.05) is 42.5 Å². The second kappa shape index (κ2) is 15.8. The average Bonchev–Trinajstić information content (AvgIpc) is 3.65. The summed E-state index contributed by atoms with van der Waals surface area (Å²) in [5.74, 6) is -0.353. The van der Waals surface area contributed by atoms with Crippen molar-refractivity contribution in [2.75, 3.05) is 38.7 Å². The summed E-state index contributed by atoms with van der Waals surface area (Å²) in [5, 5.41) is 7.24. The van der Waals surface area contributed by atoms with Crippen LogP contribution in [0.15, 0.2) is 82.5 Å². The number of amides is 1. The third-order valence-corrected chi connectivity index (χ3v) is 8.48. The van der Waals surface area contributed by atoms with Gasteiger partial charge < -0.3 is 24.4 Å². The van der Waals surface area contributed by atoms with E-state index in [1.807, 2.05) is 6.92 Å². The summed E-state index contributed by atoms with van der Waals surface area (Å²) in [6, 6.07) is 17.5. The molecule has 0 atom stereocenters. The molecular weight excluding hydrogens is 643 g/mol. The standard InChI is InChI=1S/C37H39FN6O6/c1-3-4-20-43-36(46)34(41-44(37(43)47)26-11-6-5-7-12-26)35(45)40-25-13-14-31(28(38)22-25)50-30-15-16-39-29-24-32(48-2)33(23-27(29)30)49-21-10-19-42-17-8-9-18-42/h5-7,11-16,22-24H,3-4,8-10,17-21H2,1-2H3,(H,40,45). The summed E-state index contributed by atoms with van der Waals surface area (Å²) in [6.07, 6.45) is 6.17. The second-order valence-electron chi connectivity index (χ2n) is 12.0. The van der Waals surface area contributed by atoms with Crippen LogP contribution in [0.5, 0.6) is 23.0 Å². The number of carbonyl (C=O) groups excluding carboxylic acids is 1. The molecule has 0 spiro atoms. The number of nitrogens with zero attached hydrogens (tertiary/aromatic N) is 5. The molecule has 2 aromatic heterocycles. The van der Waals surface area contributed by atoms with Crippen molar-refractivity contribution in [3.63, 3.8) is 0 Å². The Hall–Kier alpha value is -5.56. The van der Waals surface area contributed by atoms with Gasteiger partial charge in [0.2, 0.25) is 5.69 Å². The number of nitrogens with one attached hydrogen (secondary N) is 1. The highest BCUT2D eigenvalue weighted by molar-refractivity contribution is 6.02. The van der Waals surface area contributed by atoms with Gasteiger partial charge in [0.15, 0.2) is 23.1 Å². The number of anilines is 1. The second-order valence-corrected chi connectivity index (χ2v) is 12.0. The van der Waals surface area contributed by atoms with Gasteiger partial charge in [0.25, 0.3) is 11.5 Å². The number of para-hydroxylation sites is 1. The quantitative estimate of drug-likeness (QED) is 0.145. The van der Waals surface area contributed by atoms with Crippen LogP contribution in [0.2, 0.25) is 0 Å². The van der Waals surface area contributed by atoms with E-state index in [2.05, 4.69) is 20.3 Å². The molecule has 0 saturated carbocycles. The first-order chi connectivity index (χ1) is 24.4. The minimum atomic E-state index is -0.889. The van der Waals surface area contributed by atoms with Gasteiger partial charge >= 0.3 is 5.69 Å². The number of hydrogen-bond acceptors (Lipinski definition) is 9. The molecule has 0 unspecified atom stereocenters. The lowest BCUT2D eigenvalue weighted by Crippen LogP contribution is -2.44. The van der Waals surface area contributed by atoms with E-state index in [1.165, 1.54) is 25.0 Å². The molecule has 0 aliphatic carbocycles. The summed E-state index contributed by atoms with van der Waals surface area (Å²) >= 11 is 0. The third kappa shape index (κ3) is 7.68. The number of ether oxygens (including phenoxy) is 3. The zero-order valence-corrected chi connectivity index (χ0v) is 28.1. The average molecular weight is 683 g/mol. The Morgan fingerprint density at radius 1 is 0.920 bits per heavy atom. The first-order valence-electron chi connectivity index (χ1n) is 16.8. The molecule has 0 radical (unpaired) electrons.